The molecule has 0 spiro atoms. The fourth-order valence-electron chi connectivity index (χ4n) is 9.99. The lowest BCUT2D eigenvalue weighted by atomic mass is 9.67. The van der Waals surface area contributed by atoms with Crippen LogP contribution in [0, 0.1) is 0 Å². The maximum absolute atomic E-state index is 2.45. The quantitative estimate of drug-likeness (QED) is 0.155. The van der Waals surface area contributed by atoms with Crippen molar-refractivity contribution in [2.24, 2.45) is 0 Å². The van der Waals surface area contributed by atoms with Crippen LogP contribution in [-0.2, 0) is 5.41 Å². The average molecular weight is 794 g/mol. The molecule has 0 radical (unpaired) electrons. The Morgan fingerprint density at radius 1 is 0.344 bits per heavy atom. The van der Waals surface area contributed by atoms with Crippen molar-refractivity contribution in [2.45, 2.75) is 5.41 Å². The predicted molar refractivity (Wildman–Crippen MR) is 260 cm³/mol. The van der Waals surface area contributed by atoms with Gasteiger partial charge in [-0.25, -0.2) is 0 Å². The van der Waals surface area contributed by atoms with Gasteiger partial charge in [-0.2, -0.15) is 0 Å². The summed E-state index contributed by atoms with van der Waals surface area (Å²) in [5.74, 6) is 0. The lowest BCUT2D eigenvalue weighted by Gasteiger charge is -2.34. The molecule has 286 valence electrons. The van der Waals surface area contributed by atoms with E-state index in [9.17, 15) is 0 Å². The summed E-state index contributed by atoms with van der Waals surface area (Å²) in [6.45, 7) is 0. The van der Waals surface area contributed by atoms with Crippen molar-refractivity contribution in [3.05, 3.63) is 259 Å². The van der Waals surface area contributed by atoms with Gasteiger partial charge in [0.1, 0.15) is 0 Å². The Labute approximate surface area is 360 Å². The highest BCUT2D eigenvalue weighted by molar-refractivity contribution is 7.26. The molecule has 1 aliphatic carbocycles. The molecule has 0 N–H and O–H groups in total. The molecule has 10 aromatic carbocycles. The summed E-state index contributed by atoms with van der Waals surface area (Å²) in [5, 5.41) is 5.05. The Kier molecular flexibility index (Phi) is 8.33. The molecule has 0 aliphatic heterocycles. The zero-order valence-corrected chi connectivity index (χ0v) is 34.2. The Bertz CT molecular complexity index is 3380. The number of hydrogen-bond acceptors (Lipinski definition) is 2. The van der Waals surface area contributed by atoms with E-state index in [1.165, 1.54) is 92.3 Å². The van der Waals surface area contributed by atoms with Crippen LogP contribution in [-0.4, -0.2) is 0 Å². The highest BCUT2D eigenvalue weighted by Gasteiger charge is 2.46. The van der Waals surface area contributed by atoms with E-state index >= 15 is 0 Å². The third-order valence-corrected chi connectivity index (χ3v) is 13.9. The normalized spacial score (nSPS) is 12.7. The minimum Gasteiger partial charge on any atom is -0.310 e. The van der Waals surface area contributed by atoms with Crippen LogP contribution in [0.4, 0.5) is 17.1 Å². The van der Waals surface area contributed by atoms with Gasteiger partial charge in [0.05, 0.1) is 11.1 Å². The van der Waals surface area contributed by atoms with Crippen LogP contribution < -0.4 is 4.90 Å². The molecule has 0 fully saturated rings. The molecule has 1 aromatic heterocycles. The Hall–Kier alpha value is -7.52. The van der Waals surface area contributed by atoms with Gasteiger partial charge in [0.15, 0.2) is 0 Å². The van der Waals surface area contributed by atoms with E-state index in [1.807, 2.05) is 11.3 Å². The number of anilines is 3. The number of thiophene rings is 1. The molecule has 0 unspecified atom stereocenters. The first-order chi connectivity index (χ1) is 30.2. The zero-order chi connectivity index (χ0) is 40.3. The number of benzene rings is 10. The Morgan fingerprint density at radius 2 is 0.951 bits per heavy atom. The molecule has 1 heterocycles. The fraction of sp³-hybridized carbons (Fsp3) is 0.0169. The largest absolute Gasteiger partial charge is 0.310 e. The summed E-state index contributed by atoms with van der Waals surface area (Å²) in [7, 11) is 0. The minimum absolute atomic E-state index is 0.445. The molecule has 11 aromatic rings. The van der Waals surface area contributed by atoms with E-state index in [2.05, 4.69) is 241 Å². The van der Waals surface area contributed by atoms with Gasteiger partial charge in [0.25, 0.3) is 0 Å². The molecule has 0 bridgehead atoms. The van der Waals surface area contributed by atoms with E-state index in [0.717, 1.165) is 11.4 Å². The lowest BCUT2D eigenvalue weighted by molar-refractivity contribution is 0.769. The smallest absolute Gasteiger partial charge is 0.0713 e. The highest BCUT2D eigenvalue weighted by atomic mass is 32.1. The first-order valence-electron chi connectivity index (χ1n) is 21.0. The molecular weight excluding hydrogens is 755 g/mol. The Morgan fingerprint density at radius 3 is 1.77 bits per heavy atom. The summed E-state index contributed by atoms with van der Waals surface area (Å²) in [5.41, 5.74) is 15.5. The van der Waals surface area contributed by atoms with E-state index in [0.29, 0.717) is 0 Å². The molecule has 0 atom stereocenters. The van der Waals surface area contributed by atoms with Crippen molar-refractivity contribution in [1.29, 1.82) is 0 Å². The van der Waals surface area contributed by atoms with Crippen molar-refractivity contribution in [3.63, 3.8) is 0 Å². The second kappa shape index (κ2) is 14.3. The van der Waals surface area contributed by atoms with Crippen molar-refractivity contribution in [1.82, 2.24) is 0 Å². The van der Waals surface area contributed by atoms with Crippen molar-refractivity contribution < 1.29 is 0 Å². The van der Waals surface area contributed by atoms with Gasteiger partial charge < -0.3 is 4.90 Å². The summed E-state index contributed by atoms with van der Waals surface area (Å²) in [6, 6.07) is 87.3. The van der Waals surface area contributed by atoms with Crippen molar-refractivity contribution in [3.8, 4) is 33.4 Å². The number of rotatable bonds is 7. The number of hydrogen-bond donors (Lipinski definition) is 0. The maximum atomic E-state index is 2.45. The standard InChI is InChI=1S/C59H39NS/c1-3-18-46(19-4-1)59(47-20-5-2-6-21-47)53-25-11-9-23-50(53)51-36-33-45(39-54(51)59)41-31-34-48(35-32-41)60(55-26-14-28-57-58(55)52-24-10-12-27-56(52)61-57)49-22-13-17-43(38-49)44-30-29-40-15-7-8-16-42(40)37-44/h1-39H. The lowest BCUT2D eigenvalue weighted by Crippen LogP contribution is -2.28. The monoisotopic (exact) mass is 793 g/mol. The molecule has 12 rings (SSSR count). The van der Waals surface area contributed by atoms with Crippen LogP contribution in [0.25, 0.3) is 64.3 Å². The number of nitrogens with zero attached hydrogens (tertiary/aromatic N) is 1. The molecule has 0 saturated heterocycles. The van der Waals surface area contributed by atoms with Crippen LogP contribution in [0.2, 0.25) is 0 Å². The van der Waals surface area contributed by atoms with Crippen molar-refractivity contribution >= 4 is 59.3 Å². The first kappa shape index (κ1) is 35.4. The second-order valence-electron chi connectivity index (χ2n) is 16.0. The van der Waals surface area contributed by atoms with Gasteiger partial charge >= 0.3 is 0 Å². The molecule has 1 aliphatic rings. The first-order valence-corrected chi connectivity index (χ1v) is 21.8. The zero-order valence-electron chi connectivity index (χ0n) is 33.4. The molecule has 2 heteroatoms. The van der Waals surface area contributed by atoms with Crippen molar-refractivity contribution in [2.75, 3.05) is 4.90 Å². The van der Waals surface area contributed by atoms with Gasteiger partial charge in [0.2, 0.25) is 0 Å². The van der Waals surface area contributed by atoms with Gasteiger partial charge in [0, 0.05) is 31.5 Å². The van der Waals surface area contributed by atoms with Gasteiger partial charge in [-0.1, -0.05) is 182 Å². The third kappa shape index (κ3) is 5.68. The molecule has 1 nitrogen and oxygen atoms in total. The average Bonchev–Trinajstić information content (AvgIpc) is 3.87. The second-order valence-corrected chi connectivity index (χ2v) is 17.1. The summed E-state index contributed by atoms with van der Waals surface area (Å²) in [4.78, 5) is 2.45. The maximum Gasteiger partial charge on any atom is 0.0713 e. The summed E-state index contributed by atoms with van der Waals surface area (Å²) in [6.07, 6.45) is 0. The third-order valence-electron chi connectivity index (χ3n) is 12.7. The summed E-state index contributed by atoms with van der Waals surface area (Å²) < 4.78 is 2.58. The van der Waals surface area contributed by atoms with E-state index < -0.39 is 5.41 Å². The highest BCUT2D eigenvalue weighted by Crippen LogP contribution is 2.57. The Balaban J connectivity index is 1.01. The fourth-order valence-corrected chi connectivity index (χ4v) is 11.1. The molecular formula is C59H39NS. The molecule has 61 heavy (non-hydrogen) atoms. The van der Waals surface area contributed by atoms with Crippen LogP contribution in [0.15, 0.2) is 237 Å². The predicted octanol–water partition coefficient (Wildman–Crippen LogP) is 16.4. The SMILES string of the molecule is c1ccc(C2(c3ccccc3)c3ccccc3-c3ccc(-c4ccc(N(c5cccc(-c6ccc7ccccc7c6)c5)c5cccc6sc7ccccc7c56)cc4)cc32)cc1. The van der Waals surface area contributed by atoms with Crippen LogP contribution in [0.5, 0.6) is 0 Å². The number of fused-ring (bicyclic) bond motifs is 7. The van der Waals surface area contributed by atoms with E-state index in [-0.39, 0.29) is 0 Å². The van der Waals surface area contributed by atoms with Crippen LogP contribution >= 0.6 is 11.3 Å². The van der Waals surface area contributed by atoms with Gasteiger partial charge in [-0.3, -0.25) is 0 Å². The molecule has 0 amide bonds. The van der Waals surface area contributed by atoms with Crippen LogP contribution in [0.1, 0.15) is 22.3 Å². The summed E-state index contributed by atoms with van der Waals surface area (Å²) >= 11 is 1.86. The van der Waals surface area contributed by atoms with Gasteiger partial charge in [-0.05, 0) is 121 Å². The van der Waals surface area contributed by atoms with E-state index in [4.69, 9.17) is 0 Å². The van der Waals surface area contributed by atoms with E-state index in [1.54, 1.807) is 0 Å². The molecule has 0 saturated carbocycles. The van der Waals surface area contributed by atoms with Crippen LogP contribution in [0.3, 0.4) is 0 Å². The minimum atomic E-state index is -0.445. The van der Waals surface area contributed by atoms with Gasteiger partial charge in [-0.15, -0.1) is 11.3 Å². The topological polar surface area (TPSA) is 3.24 Å².